The van der Waals surface area contributed by atoms with Gasteiger partial charge in [0.15, 0.2) is 12.2 Å². The number of amides is 1. The van der Waals surface area contributed by atoms with E-state index in [0.717, 1.165) is 11.1 Å². The minimum Gasteiger partial charge on any atom is -0.497 e. The Bertz CT molecular complexity index is 1220. The molecule has 0 saturated carbocycles. The van der Waals surface area contributed by atoms with Gasteiger partial charge < -0.3 is 19.2 Å². The van der Waals surface area contributed by atoms with Gasteiger partial charge in [-0.05, 0) is 35.9 Å². The fourth-order valence-electron chi connectivity index (χ4n) is 3.00. The van der Waals surface area contributed by atoms with Gasteiger partial charge in [0.1, 0.15) is 11.3 Å². The number of ether oxygens (including phenoxy) is 2. The number of rotatable bonds is 8. The maximum absolute atomic E-state index is 12.6. The fraction of sp³-hybridized carbons (Fsp3) is 0.125. The number of oxazole rings is 1. The van der Waals surface area contributed by atoms with Crippen molar-refractivity contribution in [1.29, 1.82) is 0 Å². The van der Waals surface area contributed by atoms with Crippen molar-refractivity contribution < 1.29 is 23.5 Å². The van der Waals surface area contributed by atoms with Crippen LogP contribution in [-0.2, 0) is 15.3 Å². The summed E-state index contributed by atoms with van der Waals surface area (Å²) in [4.78, 5) is 29.2. The Morgan fingerprint density at radius 3 is 2.69 bits per heavy atom. The summed E-state index contributed by atoms with van der Waals surface area (Å²) >= 11 is 1.38. The normalized spacial score (nSPS) is 10.7. The van der Waals surface area contributed by atoms with E-state index in [-0.39, 0.29) is 0 Å². The molecule has 0 saturated heterocycles. The Labute approximate surface area is 188 Å². The van der Waals surface area contributed by atoms with Crippen LogP contribution < -0.4 is 10.1 Å². The Morgan fingerprint density at radius 2 is 1.84 bits per heavy atom. The van der Waals surface area contributed by atoms with Crippen LogP contribution in [-0.4, -0.2) is 30.6 Å². The topological polar surface area (TPSA) is 90.7 Å². The van der Waals surface area contributed by atoms with Crippen LogP contribution in [0, 0.1) is 0 Å². The Hall–Kier alpha value is -3.78. The highest BCUT2D eigenvalue weighted by molar-refractivity contribution is 7.98. The number of benzene rings is 3. The number of methoxy groups -OCH3 is 1. The van der Waals surface area contributed by atoms with Gasteiger partial charge in [-0.25, -0.2) is 9.78 Å². The molecule has 1 aromatic heterocycles. The molecule has 0 aliphatic carbocycles. The van der Waals surface area contributed by atoms with E-state index in [2.05, 4.69) is 10.3 Å². The first kappa shape index (κ1) is 21.5. The molecule has 32 heavy (non-hydrogen) atoms. The molecule has 8 heteroatoms. The molecular formula is C24H20N2O5S. The van der Waals surface area contributed by atoms with E-state index in [1.807, 2.05) is 36.4 Å². The van der Waals surface area contributed by atoms with Crippen LogP contribution in [0.25, 0.3) is 11.1 Å². The maximum Gasteiger partial charge on any atom is 0.338 e. The second kappa shape index (κ2) is 10.0. The summed E-state index contributed by atoms with van der Waals surface area (Å²) in [5.41, 5.74) is 3.21. The SMILES string of the molecule is COc1cccc(NC(=O)COC(=O)c2ccccc2CSc2nc3ccccc3o2)c1. The van der Waals surface area contributed by atoms with Gasteiger partial charge in [-0.1, -0.05) is 48.2 Å². The molecular weight excluding hydrogens is 428 g/mol. The van der Waals surface area contributed by atoms with E-state index >= 15 is 0 Å². The van der Waals surface area contributed by atoms with E-state index in [1.165, 1.54) is 11.8 Å². The summed E-state index contributed by atoms with van der Waals surface area (Å²) in [6.45, 7) is -0.400. The molecule has 4 rings (SSSR count). The molecule has 162 valence electrons. The van der Waals surface area contributed by atoms with E-state index in [4.69, 9.17) is 13.9 Å². The highest BCUT2D eigenvalue weighted by Crippen LogP contribution is 2.27. The summed E-state index contributed by atoms with van der Waals surface area (Å²) in [6.07, 6.45) is 0. The van der Waals surface area contributed by atoms with Crippen LogP contribution in [0.1, 0.15) is 15.9 Å². The molecule has 0 atom stereocenters. The monoisotopic (exact) mass is 448 g/mol. The molecule has 1 heterocycles. The van der Waals surface area contributed by atoms with E-state index in [1.54, 1.807) is 43.5 Å². The fourth-order valence-corrected chi connectivity index (χ4v) is 3.85. The molecule has 0 bridgehead atoms. The van der Waals surface area contributed by atoms with Crippen molar-refractivity contribution in [3.05, 3.63) is 83.9 Å². The molecule has 3 aromatic carbocycles. The average molecular weight is 449 g/mol. The average Bonchev–Trinajstić information content (AvgIpc) is 3.24. The standard InChI is InChI=1S/C24H20N2O5S/c1-29-18-9-6-8-17(13-18)25-22(27)14-30-23(28)19-10-3-2-7-16(19)15-32-24-26-20-11-4-5-12-21(20)31-24/h2-13H,14-15H2,1H3,(H,25,27). The Kier molecular flexibility index (Phi) is 6.72. The van der Waals surface area contributed by atoms with Gasteiger partial charge in [-0.2, -0.15) is 0 Å². The summed E-state index contributed by atoms with van der Waals surface area (Å²) in [7, 11) is 1.54. The van der Waals surface area contributed by atoms with Gasteiger partial charge in [-0.15, -0.1) is 0 Å². The third-order valence-corrected chi connectivity index (χ3v) is 5.43. The number of fused-ring (bicyclic) bond motifs is 1. The van der Waals surface area contributed by atoms with Crippen LogP contribution in [0.15, 0.2) is 82.4 Å². The molecule has 0 unspecified atom stereocenters. The molecule has 7 nitrogen and oxygen atoms in total. The largest absolute Gasteiger partial charge is 0.497 e. The number of carbonyl (C=O) groups excluding carboxylic acids is 2. The highest BCUT2D eigenvalue weighted by atomic mass is 32.2. The second-order valence-electron chi connectivity index (χ2n) is 6.75. The lowest BCUT2D eigenvalue weighted by molar-refractivity contribution is -0.119. The van der Waals surface area contributed by atoms with Gasteiger partial charge >= 0.3 is 5.97 Å². The zero-order valence-electron chi connectivity index (χ0n) is 17.2. The number of anilines is 1. The van der Waals surface area contributed by atoms with Crippen molar-refractivity contribution in [3.8, 4) is 5.75 Å². The van der Waals surface area contributed by atoms with Crippen LogP contribution >= 0.6 is 11.8 Å². The lowest BCUT2D eigenvalue weighted by Crippen LogP contribution is -2.21. The van der Waals surface area contributed by atoms with E-state index in [9.17, 15) is 9.59 Å². The lowest BCUT2D eigenvalue weighted by atomic mass is 10.1. The van der Waals surface area contributed by atoms with Gasteiger partial charge in [0.25, 0.3) is 11.1 Å². The predicted octanol–water partition coefficient (Wildman–Crippen LogP) is 4.92. The zero-order valence-corrected chi connectivity index (χ0v) is 18.1. The number of hydrogen-bond donors (Lipinski definition) is 1. The number of nitrogens with one attached hydrogen (secondary N) is 1. The number of hydrogen-bond acceptors (Lipinski definition) is 7. The van der Waals surface area contributed by atoms with Crippen molar-refractivity contribution in [2.75, 3.05) is 19.0 Å². The number of aromatic nitrogens is 1. The van der Waals surface area contributed by atoms with Gasteiger partial charge in [0, 0.05) is 17.5 Å². The number of esters is 1. The molecule has 0 fully saturated rings. The van der Waals surface area contributed by atoms with Crippen LogP contribution in [0.5, 0.6) is 5.75 Å². The first-order chi connectivity index (χ1) is 15.6. The minimum absolute atomic E-state index is 0.394. The smallest absolute Gasteiger partial charge is 0.338 e. The number of carbonyl (C=O) groups is 2. The summed E-state index contributed by atoms with van der Waals surface area (Å²) in [6, 6.07) is 21.5. The van der Waals surface area contributed by atoms with E-state index in [0.29, 0.717) is 33.6 Å². The van der Waals surface area contributed by atoms with Gasteiger partial charge in [0.05, 0.1) is 12.7 Å². The first-order valence-electron chi connectivity index (χ1n) is 9.79. The molecule has 0 aliphatic heterocycles. The van der Waals surface area contributed by atoms with Crippen molar-refractivity contribution in [2.45, 2.75) is 11.0 Å². The number of thioether (sulfide) groups is 1. The highest BCUT2D eigenvalue weighted by Gasteiger charge is 2.16. The number of nitrogens with zero attached hydrogens (tertiary/aromatic N) is 1. The minimum atomic E-state index is -0.570. The van der Waals surface area contributed by atoms with Gasteiger partial charge in [0.2, 0.25) is 0 Å². The van der Waals surface area contributed by atoms with Crippen LogP contribution in [0.3, 0.4) is 0 Å². The molecule has 1 N–H and O–H groups in total. The third-order valence-electron chi connectivity index (χ3n) is 4.55. The molecule has 0 radical (unpaired) electrons. The van der Waals surface area contributed by atoms with Crippen LogP contribution in [0.4, 0.5) is 5.69 Å². The lowest BCUT2D eigenvalue weighted by Gasteiger charge is -2.10. The maximum atomic E-state index is 12.6. The zero-order chi connectivity index (χ0) is 22.3. The molecule has 0 aliphatic rings. The quantitative estimate of drug-likeness (QED) is 0.302. The Balaban J connectivity index is 1.35. The second-order valence-corrected chi connectivity index (χ2v) is 7.68. The van der Waals surface area contributed by atoms with Crippen molar-refractivity contribution in [3.63, 3.8) is 0 Å². The molecule has 4 aromatic rings. The first-order valence-corrected chi connectivity index (χ1v) is 10.8. The van der Waals surface area contributed by atoms with Crippen LogP contribution in [0.2, 0.25) is 0 Å². The predicted molar refractivity (Wildman–Crippen MR) is 122 cm³/mol. The van der Waals surface area contributed by atoms with Crippen molar-refractivity contribution in [2.24, 2.45) is 0 Å². The molecule has 1 amide bonds. The summed E-state index contributed by atoms with van der Waals surface area (Å²) in [5.74, 6) is 0.0725. The van der Waals surface area contributed by atoms with Crippen molar-refractivity contribution >= 4 is 40.4 Å². The summed E-state index contributed by atoms with van der Waals surface area (Å²) < 4.78 is 16.1. The van der Waals surface area contributed by atoms with E-state index < -0.39 is 18.5 Å². The summed E-state index contributed by atoms with van der Waals surface area (Å²) in [5, 5.41) is 3.20. The molecule has 0 spiro atoms. The number of para-hydroxylation sites is 2. The van der Waals surface area contributed by atoms with Crippen molar-refractivity contribution in [1.82, 2.24) is 4.98 Å². The third kappa shape index (κ3) is 5.28. The van der Waals surface area contributed by atoms with Gasteiger partial charge in [-0.3, -0.25) is 4.79 Å². The Morgan fingerprint density at radius 1 is 1.03 bits per heavy atom.